The zero-order chi connectivity index (χ0) is 13.1. The molecule has 0 spiro atoms. The van der Waals surface area contributed by atoms with Crippen molar-refractivity contribution < 1.29 is 5.11 Å². The van der Waals surface area contributed by atoms with Crippen LogP contribution in [0.25, 0.3) is 11.1 Å². The van der Waals surface area contributed by atoms with E-state index < -0.39 is 0 Å². The van der Waals surface area contributed by atoms with Crippen LogP contribution in [-0.4, -0.2) is 11.7 Å². The van der Waals surface area contributed by atoms with Gasteiger partial charge in [-0.1, -0.05) is 35.9 Å². The molecule has 0 fully saturated rings. The fraction of sp³-hybridized carbons (Fsp3) is 0.200. The minimum Gasteiger partial charge on any atom is -0.507 e. The van der Waals surface area contributed by atoms with Crippen LogP contribution in [0.4, 0.5) is 0 Å². The average molecular weight is 262 g/mol. The van der Waals surface area contributed by atoms with Crippen LogP contribution in [0.3, 0.4) is 0 Å². The summed E-state index contributed by atoms with van der Waals surface area (Å²) in [4.78, 5) is 0. The van der Waals surface area contributed by atoms with Crippen molar-refractivity contribution in [1.82, 2.24) is 0 Å². The molecule has 0 aliphatic carbocycles. The summed E-state index contributed by atoms with van der Waals surface area (Å²) < 4.78 is 0. The molecule has 0 bridgehead atoms. The van der Waals surface area contributed by atoms with Gasteiger partial charge in [0.15, 0.2) is 0 Å². The van der Waals surface area contributed by atoms with Crippen molar-refractivity contribution >= 4 is 11.6 Å². The van der Waals surface area contributed by atoms with E-state index in [1.807, 2.05) is 37.3 Å². The molecule has 0 aliphatic heterocycles. The quantitative estimate of drug-likeness (QED) is 0.888. The molecule has 3 N–H and O–H groups in total. The maximum Gasteiger partial charge on any atom is 0.124 e. The number of hydrogen-bond acceptors (Lipinski definition) is 2. The Morgan fingerprint density at radius 3 is 2.44 bits per heavy atom. The fourth-order valence-electron chi connectivity index (χ4n) is 1.92. The fourth-order valence-corrected chi connectivity index (χ4v) is 2.08. The summed E-state index contributed by atoms with van der Waals surface area (Å²) in [5.41, 5.74) is 9.45. The molecule has 2 nitrogen and oxygen atoms in total. The van der Waals surface area contributed by atoms with E-state index in [0.29, 0.717) is 11.6 Å². The van der Waals surface area contributed by atoms with Crippen LogP contribution < -0.4 is 5.73 Å². The molecule has 0 amide bonds. The summed E-state index contributed by atoms with van der Waals surface area (Å²) in [6, 6.07) is 11.5. The number of rotatable bonds is 3. The minimum atomic E-state index is 0.206. The third kappa shape index (κ3) is 2.66. The molecular formula is C15H16ClNO. The Morgan fingerprint density at radius 2 is 1.83 bits per heavy atom. The van der Waals surface area contributed by atoms with Crippen molar-refractivity contribution in [3.63, 3.8) is 0 Å². The summed E-state index contributed by atoms with van der Waals surface area (Å²) in [5.74, 6) is 0.206. The standard InChI is InChI=1S/C15H16ClNO/c1-10-8-13(15(18)9-14(10)16)12-4-2-11(3-5-12)6-7-17/h2-5,8-9,18H,6-7,17H2,1H3. The van der Waals surface area contributed by atoms with Crippen LogP contribution in [-0.2, 0) is 6.42 Å². The van der Waals surface area contributed by atoms with Crippen molar-refractivity contribution in [1.29, 1.82) is 0 Å². The Kier molecular flexibility index (Phi) is 3.90. The van der Waals surface area contributed by atoms with Gasteiger partial charge in [0.1, 0.15) is 5.75 Å². The SMILES string of the molecule is Cc1cc(-c2ccc(CCN)cc2)c(O)cc1Cl. The van der Waals surface area contributed by atoms with Gasteiger partial charge >= 0.3 is 0 Å². The largest absolute Gasteiger partial charge is 0.507 e. The summed E-state index contributed by atoms with van der Waals surface area (Å²) in [6.07, 6.45) is 0.867. The number of nitrogens with two attached hydrogens (primary N) is 1. The van der Waals surface area contributed by atoms with Gasteiger partial charge < -0.3 is 10.8 Å². The van der Waals surface area contributed by atoms with E-state index in [2.05, 4.69) is 0 Å². The van der Waals surface area contributed by atoms with Crippen molar-refractivity contribution in [3.05, 3.63) is 52.5 Å². The Bertz CT molecular complexity index is 549. The zero-order valence-corrected chi connectivity index (χ0v) is 11.0. The highest BCUT2D eigenvalue weighted by molar-refractivity contribution is 6.31. The zero-order valence-electron chi connectivity index (χ0n) is 10.3. The van der Waals surface area contributed by atoms with Gasteiger partial charge in [0, 0.05) is 10.6 Å². The van der Waals surface area contributed by atoms with Gasteiger partial charge in [0.25, 0.3) is 0 Å². The maximum absolute atomic E-state index is 9.94. The molecule has 0 saturated heterocycles. The van der Waals surface area contributed by atoms with Gasteiger partial charge in [-0.25, -0.2) is 0 Å². The van der Waals surface area contributed by atoms with Crippen molar-refractivity contribution in [2.45, 2.75) is 13.3 Å². The van der Waals surface area contributed by atoms with Crippen LogP contribution in [0.2, 0.25) is 5.02 Å². The lowest BCUT2D eigenvalue weighted by molar-refractivity contribution is 0.477. The number of benzene rings is 2. The first-order chi connectivity index (χ1) is 8.61. The van der Waals surface area contributed by atoms with Crippen molar-refractivity contribution in [3.8, 4) is 16.9 Å². The monoisotopic (exact) mass is 261 g/mol. The van der Waals surface area contributed by atoms with Crippen LogP contribution in [0, 0.1) is 6.92 Å². The molecule has 2 aromatic carbocycles. The number of phenolic OH excluding ortho intramolecular Hbond substituents is 1. The van der Waals surface area contributed by atoms with Crippen molar-refractivity contribution in [2.24, 2.45) is 5.73 Å². The van der Waals surface area contributed by atoms with Crippen LogP contribution in [0.5, 0.6) is 5.75 Å². The molecule has 0 saturated carbocycles. The maximum atomic E-state index is 9.94. The summed E-state index contributed by atoms with van der Waals surface area (Å²) >= 11 is 5.97. The number of hydrogen-bond donors (Lipinski definition) is 2. The Balaban J connectivity index is 2.39. The number of aryl methyl sites for hydroxylation is 1. The van der Waals surface area contributed by atoms with E-state index in [-0.39, 0.29) is 5.75 Å². The molecule has 0 heterocycles. The highest BCUT2D eigenvalue weighted by Gasteiger charge is 2.07. The van der Waals surface area contributed by atoms with Gasteiger partial charge in [-0.15, -0.1) is 0 Å². The lowest BCUT2D eigenvalue weighted by Crippen LogP contribution is -2.02. The lowest BCUT2D eigenvalue weighted by atomic mass is 10.0. The highest BCUT2D eigenvalue weighted by Crippen LogP contribution is 2.33. The van der Waals surface area contributed by atoms with Crippen LogP contribution in [0.1, 0.15) is 11.1 Å². The van der Waals surface area contributed by atoms with E-state index >= 15 is 0 Å². The molecule has 0 aromatic heterocycles. The number of phenols is 1. The Labute approximate surface area is 112 Å². The first-order valence-electron chi connectivity index (χ1n) is 5.90. The van der Waals surface area contributed by atoms with Gasteiger partial charge in [0.2, 0.25) is 0 Å². The summed E-state index contributed by atoms with van der Waals surface area (Å²) in [5, 5.41) is 10.5. The Hall–Kier alpha value is -1.51. The van der Waals surface area contributed by atoms with Crippen LogP contribution >= 0.6 is 11.6 Å². The smallest absolute Gasteiger partial charge is 0.124 e. The minimum absolute atomic E-state index is 0.206. The van der Waals surface area contributed by atoms with Gasteiger partial charge in [-0.2, -0.15) is 0 Å². The molecule has 0 aliphatic rings. The van der Waals surface area contributed by atoms with E-state index in [9.17, 15) is 5.11 Å². The lowest BCUT2D eigenvalue weighted by Gasteiger charge is -2.08. The first-order valence-corrected chi connectivity index (χ1v) is 6.28. The van der Waals surface area contributed by atoms with Gasteiger partial charge in [-0.3, -0.25) is 0 Å². The average Bonchev–Trinajstić information content (AvgIpc) is 2.35. The molecule has 94 valence electrons. The van der Waals surface area contributed by atoms with Crippen molar-refractivity contribution in [2.75, 3.05) is 6.54 Å². The van der Waals surface area contributed by atoms with Gasteiger partial charge in [-0.05, 0) is 48.7 Å². The molecule has 0 unspecified atom stereocenters. The van der Waals surface area contributed by atoms with E-state index in [1.54, 1.807) is 6.07 Å². The molecular weight excluding hydrogens is 246 g/mol. The molecule has 3 heteroatoms. The van der Waals surface area contributed by atoms with E-state index in [4.69, 9.17) is 17.3 Å². The summed E-state index contributed by atoms with van der Waals surface area (Å²) in [7, 11) is 0. The predicted octanol–water partition coefficient (Wildman–Crippen LogP) is 3.52. The second kappa shape index (κ2) is 5.42. The predicted molar refractivity (Wildman–Crippen MR) is 76.0 cm³/mol. The topological polar surface area (TPSA) is 46.2 Å². The van der Waals surface area contributed by atoms with E-state index in [1.165, 1.54) is 5.56 Å². The normalized spacial score (nSPS) is 10.6. The molecule has 2 aromatic rings. The second-order valence-corrected chi connectivity index (χ2v) is 4.76. The molecule has 0 atom stereocenters. The highest BCUT2D eigenvalue weighted by atomic mass is 35.5. The number of aromatic hydroxyl groups is 1. The third-order valence-electron chi connectivity index (χ3n) is 2.97. The molecule has 2 rings (SSSR count). The second-order valence-electron chi connectivity index (χ2n) is 4.35. The molecule has 18 heavy (non-hydrogen) atoms. The first kappa shape index (κ1) is 12.9. The van der Waals surface area contributed by atoms with Gasteiger partial charge in [0.05, 0.1) is 0 Å². The Morgan fingerprint density at radius 1 is 1.17 bits per heavy atom. The molecule has 0 radical (unpaired) electrons. The number of halogens is 1. The third-order valence-corrected chi connectivity index (χ3v) is 3.38. The summed E-state index contributed by atoms with van der Waals surface area (Å²) in [6.45, 7) is 2.57. The van der Waals surface area contributed by atoms with Crippen LogP contribution in [0.15, 0.2) is 36.4 Å². The van der Waals surface area contributed by atoms with E-state index in [0.717, 1.165) is 23.1 Å².